The number of aryl methyl sites for hydroxylation is 3. The van der Waals surface area contributed by atoms with Crippen LogP contribution in [0.1, 0.15) is 27.7 Å². The van der Waals surface area contributed by atoms with Crippen LogP contribution in [-0.2, 0) is 13.5 Å². The van der Waals surface area contributed by atoms with Gasteiger partial charge in [-0.1, -0.05) is 0 Å². The van der Waals surface area contributed by atoms with E-state index in [0.717, 1.165) is 17.2 Å². The maximum absolute atomic E-state index is 12.2. The summed E-state index contributed by atoms with van der Waals surface area (Å²) < 4.78 is 3.42. The van der Waals surface area contributed by atoms with Crippen LogP contribution in [0.3, 0.4) is 0 Å². The second-order valence-corrected chi connectivity index (χ2v) is 5.14. The van der Waals surface area contributed by atoms with Gasteiger partial charge in [0.05, 0.1) is 5.69 Å². The van der Waals surface area contributed by atoms with E-state index in [1.54, 1.807) is 15.3 Å². The second-order valence-electron chi connectivity index (χ2n) is 5.14. The molecule has 0 aliphatic carbocycles. The van der Waals surface area contributed by atoms with Crippen molar-refractivity contribution in [2.24, 2.45) is 7.05 Å². The molecule has 8 nitrogen and oxygen atoms in total. The van der Waals surface area contributed by atoms with Crippen molar-refractivity contribution in [2.45, 2.75) is 20.3 Å². The number of fused-ring (bicyclic) bond motifs is 1. The van der Waals surface area contributed by atoms with Crippen molar-refractivity contribution in [3.8, 4) is 0 Å². The summed E-state index contributed by atoms with van der Waals surface area (Å²) in [5, 5.41) is 11.2. The number of rotatable bonds is 4. The van der Waals surface area contributed by atoms with Crippen LogP contribution in [0.5, 0.6) is 0 Å². The highest BCUT2D eigenvalue weighted by Crippen LogP contribution is 2.08. The van der Waals surface area contributed by atoms with Gasteiger partial charge in [0.2, 0.25) is 0 Å². The molecule has 0 saturated carbocycles. The molecule has 1 amide bonds. The van der Waals surface area contributed by atoms with Gasteiger partial charge in [0, 0.05) is 31.8 Å². The van der Waals surface area contributed by atoms with Crippen LogP contribution in [0, 0.1) is 13.8 Å². The summed E-state index contributed by atoms with van der Waals surface area (Å²) in [6.45, 7) is 4.28. The highest BCUT2D eigenvalue weighted by Gasteiger charge is 2.12. The predicted octanol–water partition coefficient (Wildman–Crippen LogP) is 0.447. The Bertz CT molecular complexity index is 833. The molecule has 0 aliphatic rings. The number of carbonyl (C=O) groups excluding carboxylic acids is 1. The molecule has 0 atom stereocenters. The molecule has 0 saturated heterocycles. The zero-order chi connectivity index (χ0) is 15.7. The van der Waals surface area contributed by atoms with Crippen LogP contribution in [0.2, 0.25) is 0 Å². The SMILES string of the molecule is Cc1cc2nc(C(=O)NCCc3ncnn3C)cc(C)n2n1. The molecule has 3 rings (SSSR count). The van der Waals surface area contributed by atoms with Crippen LogP contribution in [0.4, 0.5) is 0 Å². The Kier molecular flexibility index (Phi) is 3.58. The first-order valence-corrected chi connectivity index (χ1v) is 6.99. The normalized spacial score (nSPS) is 11.0. The van der Waals surface area contributed by atoms with Gasteiger partial charge in [-0.3, -0.25) is 9.48 Å². The Morgan fingerprint density at radius 1 is 1.32 bits per heavy atom. The summed E-state index contributed by atoms with van der Waals surface area (Å²) in [5.74, 6) is 0.623. The fourth-order valence-corrected chi connectivity index (χ4v) is 2.28. The fraction of sp³-hybridized carbons (Fsp3) is 0.357. The molecule has 0 bridgehead atoms. The lowest BCUT2D eigenvalue weighted by Gasteiger charge is -2.06. The molecule has 114 valence electrons. The first kappa shape index (κ1) is 14.2. The quantitative estimate of drug-likeness (QED) is 0.755. The van der Waals surface area contributed by atoms with Gasteiger partial charge in [-0.2, -0.15) is 10.2 Å². The maximum atomic E-state index is 12.2. The minimum absolute atomic E-state index is 0.202. The van der Waals surface area contributed by atoms with Crippen LogP contribution < -0.4 is 5.32 Å². The minimum atomic E-state index is -0.202. The van der Waals surface area contributed by atoms with Crippen molar-refractivity contribution in [1.82, 2.24) is 34.7 Å². The molecule has 22 heavy (non-hydrogen) atoms. The molecule has 3 heterocycles. The number of hydrogen-bond donors (Lipinski definition) is 1. The van der Waals surface area contributed by atoms with Crippen LogP contribution in [0.25, 0.3) is 5.65 Å². The fourth-order valence-electron chi connectivity index (χ4n) is 2.28. The highest BCUT2D eigenvalue weighted by atomic mass is 16.1. The lowest BCUT2D eigenvalue weighted by atomic mass is 10.3. The number of nitrogens with zero attached hydrogens (tertiary/aromatic N) is 6. The van der Waals surface area contributed by atoms with E-state index >= 15 is 0 Å². The zero-order valence-corrected chi connectivity index (χ0v) is 12.7. The van der Waals surface area contributed by atoms with Crippen molar-refractivity contribution >= 4 is 11.6 Å². The Morgan fingerprint density at radius 2 is 2.14 bits per heavy atom. The lowest BCUT2D eigenvalue weighted by Crippen LogP contribution is -2.27. The number of hydrogen-bond acceptors (Lipinski definition) is 5. The molecule has 0 aromatic carbocycles. The largest absolute Gasteiger partial charge is 0.350 e. The van der Waals surface area contributed by atoms with E-state index < -0.39 is 0 Å². The lowest BCUT2D eigenvalue weighted by molar-refractivity contribution is 0.0949. The summed E-state index contributed by atoms with van der Waals surface area (Å²) in [6.07, 6.45) is 2.12. The molecule has 3 aromatic heterocycles. The van der Waals surface area contributed by atoms with Crippen molar-refractivity contribution in [1.29, 1.82) is 0 Å². The number of aromatic nitrogens is 6. The maximum Gasteiger partial charge on any atom is 0.270 e. The first-order chi connectivity index (χ1) is 10.5. The van der Waals surface area contributed by atoms with E-state index in [2.05, 4.69) is 25.5 Å². The molecule has 0 fully saturated rings. The van der Waals surface area contributed by atoms with Crippen molar-refractivity contribution in [3.63, 3.8) is 0 Å². The Balaban J connectivity index is 1.71. The predicted molar refractivity (Wildman–Crippen MR) is 79.5 cm³/mol. The highest BCUT2D eigenvalue weighted by molar-refractivity contribution is 5.92. The average Bonchev–Trinajstić information content (AvgIpc) is 3.04. The van der Waals surface area contributed by atoms with E-state index in [0.29, 0.717) is 24.3 Å². The summed E-state index contributed by atoms with van der Waals surface area (Å²) in [6, 6.07) is 3.58. The van der Waals surface area contributed by atoms with Gasteiger partial charge in [-0.05, 0) is 19.9 Å². The van der Waals surface area contributed by atoms with Gasteiger partial charge < -0.3 is 5.32 Å². The molecular weight excluding hydrogens is 282 g/mol. The van der Waals surface area contributed by atoms with E-state index in [4.69, 9.17) is 0 Å². The standard InChI is InChI=1S/C14H17N7O/c1-9-6-13-18-11(7-10(2)21(13)19-9)14(22)15-5-4-12-16-8-17-20(12)3/h6-8H,4-5H2,1-3H3,(H,15,22). The third-order valence-electron chi connectivity index (χ3n) is 3.40. The summed E-state index contributed by atoms with van der Waals surface area (Å²) in [7, 11) is 1.82. The second kappa shape index (κ2) is 5.55. The molecule has 0 aliphatic heterocycles. The minimum Gasteiger partial charge on any atom is -0.350 e. The third-order valence-corrected chi connectivity index (χ3v) is 3.40. The topological polar surface area (TPSA) is 90.0 Å². The van der Waals surface area contributed by atoms with Crippen molar-refractivity contribution in [2.75, 3.05) is 6.54 Å². The van der Waals surface area contributed by atoms with Crippen molar-refractivity contribution < 1.29 is 4.79 Å². The summed E-state index contributed by atoms with van der Waals surface area (Å²) in [4.78, 5) is 20.7. The number of nitrogens with one attached hydrogen (secondary N) is 1. The van der Waals surface area contributed by atoms with Crippen LogP contribution >= 0.6 is 0 Å². The number of carbonyl (C=O) groups is 1. The zero-order valence-electron chi connectivity index (χ0n) is 12.7. The van der Waals surface area contributed by atoms with E-state index in [9.17, 15) is 4.79 Å². The Labute approximate surface area is 127 Å². The van der Waals surface area contributed by atoms with Gasteiger partial charge in [0.25, 0.3) is 5.91 Å². The van der Waals surface area contributed by atoms with Crippen LogP contribution in [-0.4, -0.2) is 41.8 Å². The molecule has 3 aromatic rings. The molecule has 0 unspecified atom stereocenters. The van der Waals surface area contributed by atoms with Crippen LogP contribution in [0.15, 0.2) is 18.5 Å². The third kappa shape index (κ3) is 2.67. The van der Waals surface area contributed by atoms with Gasteiger partial charge in [-0.15, -0.1) is 0 Å². The first-order valence-electron chi connectivity index (χ1n) is 6.99. The molecule has 8 heteroatoms. The molecule has 1 N–H and O–H groups in total. The summed E-state index contributed by atoms with van der Waals surface area (Å²) >= 11 is 0. The van der Waals surface area contributed by atoms with Gasteiger partial charge >= 0.3 is 0 Å². The summed E-state index contributed by atoms with van der Waals surface area (Å²) in [5.41, 5.74) is 2.81. The Morgan fingerprint density at radius 3 is 2.86 bits per heavy atom. The van der Waals surface area contributed by atoms with Gasteiger partial charge in [0.15, 0.2) is 5.65 Å². The molecule has 0 radical (unpaired) electrons. The van der Waals surface area contributed by atoms with E-state index in [1.165, 1.54) is 6.33 Å². The molecular formula is C14H17N7O. The smallest absolute Gasteiger partial charge is 0.270 e. The van der Waals surface area contributed by atoms with E-state index in [1.807, 2.05) is 27.0 Å². The van der Waals surface area contributed by atoms with Crippen molar-refractivity contribution in [3.05, 3.63) is 41.4 Å². The monoisotopic (exact) mass is 299 g/mol. The average molecular weight is 299 g/mol. The van der Waals surface area contributed by atoms with E-state index in [-0.39, 0.29) is 5.91 Å². The Hall–Kier alpha value is -2.77. The van der Waals surface area contributed by atoms with Gasteiger partial charge in [0.1, 0.15) is 17.8 Å². The molecule has 0 spiro atoms. The van der Waals surface area contributed by atoms with Gasteiger partial charge in [-0.25, -0.2) is 14.5 Å². The number of amides is 1.